The fourth-order valence-corrected chi connectivity index (χ4v) is 7.91. The second-order valence-electron chi connectivity index (χ2n) is 9.39. The number of nitrogens with zero attached hydrogens (tertiary/aromatic N) is 1. The lowest BCUT2D eigenvalue weighted by atomic mass is 9.76. The van der Waals surface area contributed by atoms with Gasteiger partial charge in [0.15, 0.2) is 9.84 Å². The Hall–Kier alpha value is -2.48. The van der Waals surface area contributed by atoms with Crippen molar-refractivity contribution in [2.75, 3.05) is 0 Å². The van der Waals surface area contributed by atoms with Crippen molar-refractivity contribution in [2.45, 2.75) is 55.2 Å². The van der Waals surface area contributed by atoms with Crippen LogP contribution >= 0.6 is 0 Å². The summed E-state index contributed by atoms with van der Waals surface area (Å²) in [5.74, 6) is -0.322. The van der Waals surface area contributed by atoms with Gasteiger partial charge < -0.3 is 0 Å². The van der Waals surface area contributed by atoms with Crippen molar-refractivity contribution in [2.24, 2.45) is 5.41 Å². The largest absolute Gasteiger partial charge is 0.416 e. The molecule has 2 fully saturated rings. The predicted octanol–water partition coefficient (Wildman–Crippen LogP) is 6.42. The Morgan fingerprint density at radius 1 is 1.00 bits per heavy atom. The van der Waals surface area contributed by atoms with Crippen LogP contribution in [0.1, 0.15) is 54.7 Å². The quantitative estimate of drug-likeness (QED) is 0.407. The lowest BCUT2D eigenvalue weighted by molar-refractivity contribution is -0.137. The monoisotopic (exact) mass is 477 g/mol. The fraction of sp³-hybridized carbons (Fsp3) is 0.400. The molecule has 5 rings (SSSR count). The van der Waals surface area contributed by atoms with Crippen LogP contribution in [-0.4, -0.2) is 18.7 Å². The van der Waals surface area contributed by atoms with Crippen molar-refractivity contribution in [3.8, 4) is 0 Å². The summed E-state index contributed by atoms with van der Waals surface area (Å²) in [6.07, 6.45) is 1.08. The second kappa shape index (κ2) is 7.79. The van der Waals surface area contributed by atoms with E-state index in [0.29, 0.717) is 12.0 Å². The molecule has 0 aliphatic heterocycles. The zero-order valence-electron chi connectivity index (χ0n) is 17.8. The molecule has 2 aliphatic carbocycles. The third-order valence-corrected chi connectivity index (χ3v) is 9.63. The highest BCUT2D eigenvalue weighted by Gasteiger charge is 2.61. The minimum Gasteiger partial charge on any atom is -0.256 e. The number of sulfone groups is 1. The minimum atomic E-state index is -4.44. The molecule has 0 bridgehead atoms. The van der Waals surface area contributed by atoms with E-state index in [1.54, 1.807) is 12.3 Å². The molecule has 0 N–H and O–H groups in total. The topological polar surface area (TPSA) is 47.0 Å². The molecular weight excluding hydrogens is 454 g/mol. The summed E-state index contributed by atoms with van der Waals surface area (Å²) in [5.41, 5.74) is 1.16. The van der Waals surface area contributed by atoms with Gasteiger partial charge in [0.05, 0.1) is 22.1 Å². The Kier molecular flexibility index (Phi) is 5.27. The van der Waals surface area contributed by atoms with Crippen LogP contribution in [-0.2, 0) is 21.8 Å². The SMILES string of the molecule is O=S(=O)(Cc1ccc(C(F)(F)F)cc1)C1CC12CCC(c1ccnc3ccc(F)cc13)CC2. The molecule has 2 aromatic carbocycles. The van der Waals surface area contributed by atoms with Gasteiger partial charge in [0.2, 0.25) is 0 Å². The summed E-state index contributed by atoms with van der Waals surface area (Å²) < 4.78 is 78.1. The van der Waals surface area contributed by atoms with Crippen molar-refractivity contribution in [3.05, 3.63) is 77.2 Å². The van der Waals surface area contributed by atoms with E-state index in [2.05, 4.69) is 4.98 Å². The first-order valence-corrected chi connectivity index (χ1v) is 12.7. The van der Waals surface area contributed by atoms with Gasteiger partial charge in [0.1, 0.15) is 5.82 Å². The van der Waals surface area contributed by atoms with E-state index in [4.69, 9.17) is 0 Å². The number of fused-ring (bicyclic) bond motifs is 1. The van der Waals surface area contributed by atoms with E-state index in [-0.39, 0.29) is 22.9 Å². The van der Waals surface area contributed by atoms with Gasteiger partial charge in [-0.2, -0.15) is 13.2 Å². The standard InChI is InChI=1S/C25H23F4NO2S/c26-19-5-6-22-21(13-19)20(9-12-30-22)17-7-10-24(11-8-17)14-23(24)33(31,32)15-16-1-3-18(4-2-16)25(27,28)29/h1-6,9,12-13,17,23H,7-8,10-11,14-15H2. The van der Waals surface area contributed by atoms with Crippen LogP contribution in [0.5, 0.6) is 0 Å². The summed E-state index contributed by atoms with van der Waals surface area (Å²) in [5, 5.41) is 0.362. The van der Waals surface area contributed by atoms with Crippen LogP contribution in [0.15, 0.2) is 54.7 Å². The number of hydrogen-bond acceptors (Lipinski definition) is 3. The zero-order valence-corrected chi connectivity index (χ0v) is 18.6. The normalized spacial score (nSPS) is 25.5. The van der Waals surface area contributed by atoms with Crippen LogP contribution in [0.2, 0.25) is 0 Å². The van der Waals surface area contributed by atoms with Gasteiger partial charge in [0.25, 0.3) is 0 Å². The first kappa shape index (κ1) is 22.3. The summed E-state index contributed by atoms with van der Waals surface area (Å²) in [6, 6.07) is 10.9. The number of pyridine rings is 1. The molecule has 1 atom stereocenters. The van der Waals surface area contributed by atoms with Crippen molar-refractivity contribution in [1.29, 1.82) is 0 Å². The summed E-state index contributed by atoms with van der Waals surface area (Å²) in [4.78, 5) is 4.31. The first-order valence-electron chi connectivity index (χ1n) is 11.0. The maximum absolute atomic E-state index is 13.8. The van der Waals surface area contributed by atoms with Gasteiger partial charge in [0, 0.05) is 11.6 Å². The van der Waals surface area contributed by atoms with Crippen molar-refractivity contribution in [3.63, 3.8) is 0 Å². The lowest BCUT2D eigenvalue weighted by Crippen LogP contribution is -2.22. The molecule has 3 aromatic rings. The Labute approximate surface area is 189 Å². The third-order valence-electron chi connectivity index (χ3n) is 7.36. The van der Waals surface area contributed by atoms with Crippen molar-refractivity contribution >= 4 is 20.7 Å². The molecule has 0 amide bonds. The molecule has 8 heteroatoms. The van der Waals surface area contributed by atoms with E-state index in [1.165, 1.54) is 24.3 Å². The van der Waals surface area contributed by atoms with E-state index < -0.39 is 26.8 Å². The molecule has 1 aromatic heterocycles. The zero-order chi connectivity index (χ0) is 23.4. The van der Waals surface area contributed by atoms with Gasteiger partial charge in [-0.1, -0.05) is 12.1 Å². The number of aromatic nitrogens is 1. The molecule has 0 saturated heterocycles. The molecule has 174 valence electrons. The Morgan fingerprint density at radius 2 is 1.70 bits per heavy atom. The van der Waals surface area contributed by atoms with Crippen LogP contribution in [0.3, 0.4) is 0 Å². The molecule has 2 saturated carbocycles. The van der Waals surface area contributed by atoms with Crippen molar-refractivity contribution in [1.82, 2.24) is 4.98 Å². The fourth-order valence-electron chi connectivity index (χ4n) is 5.47. The molecular formula is C25H23F4NO2S. The highest BCUT2D eigenvalue weighted by molar-refractivity contribution is 7.91. The molecule has 1 spiro atoms. The summed E-state index contributed by atoms with van der Waals surface area (Å²) in [6.45, 7) is 0. The molecule has 2 aliphatic rings. The van der Waals surface area contributed by atoms with Gasteiger partial charge in [-0.3, -0.25) is 4.98 Å². The van der Waals surface area contributed by atoms with Crippen LogP contribution in [0, 0.1) is 11.2 Å². The number of halogens is 4. The number of rotatable bonds is 4. The smallest absolute Gasteiger partial charge is 0.256 e. The van der Waals surface area contributed by atoms with Crippen molar-refractivity contribution < 1.29 is 26.0 Å². The molecule has 1 unspecified atom stereocenters. The van der Waals surface area contributed by atoms with Gasteiger partial charge in [-0.05, 0) is 91.0 Å². The number of benzene rings is 2. The van der Waals surface area contributed by atoms with E-state index in [0.717, 1.165) is 54.3 Å². The summed E-state index contributed by atoms with van der Waals surface area (Å²) >= 11 is 0. The number of alkyl halides is 3. The lowest BCUT2D eigenvalue weighted by Gasteiger charge is -2.30. The maximum Gasteiger partial charge on any atom is 0.416 e. The molecule has 3 nitrogen and oxygen atoms in total. The average Bonchev–Trinajstić information content (AvgIpc) is 3.48. The van der Waals surface area contributed by atoms with Gasteiger partial charge in [-0.25, -0.2) is 12.8 Å². The molecule has 1 heterocycles. The minimum absolute atomic E-state index is 0.224. The number of hydrogen-bond donors (Lipinski definition) is 0. The highest BCUT2D eigenvalue weighted by Crippen LogP contribution is 2.62. The first-order chi connectivity index (χ1) is 15.6. The Balaban J connectivity index is 1.27. The second-order valence-corrected chi connectivity index (χ2v) is 11.6. The van der Waals surface area contributed by atoms with Crippen LogP contribution in [0.4, 0.5) is 17.6 Å². The average molecular weight is 478 g/mol. The van der Waals surface area contributed by atoms with E-state index in [9.17, 15) is 26.0 Å². The predicted molar refractivity (Wildman–Crippen MR) is 118 cm³/mol. The third kappa shape index (κ3) is 4.25. The van der Waals surface area contributed by atoms with E-state index in [1.807, 2.05) is 6.07 Å². The van der Waals surface area contributed by atoms with Crippen LogP contribution in [0.25, 0.3) is 10.9 Å². The van der Waals surface area contributed by atoms with Gasteiger partial charge in [-0.15, -0.1) is 0 Å². The van der Waals surface area contributed by atoms with Crippen LogP contribution < -0.4 is 0 Å². The summed E-state index contributed by atoms with van der Waals surface area (Å²) in [7, 11) is -3.46. The Bertz CT molecular complexity index is 1290. The van der Waals surface area contributed by atoms with E-state index >= 15 is 0 Å². The highest BCUT2D eigenvalue weighted by atomic mass is 32.2. The van der Waals surface area contributed by atoms with Gasteiger partial charge >= 0.3 is 6.18 Å². The Morgan fingerprint density at radius 3 is 2.36 bits per heavy atom. The maximum atomic E-state index is 13.8. The molecule has 33 heavy (non-hydrogen) atoms. The molecule has 0 radical (unpaired) electrons.